The molecule has 0 saturated carbocycles. The van der Waals surface area contributed by atoms with Crippen LogP contribution in [0.15, 0.2) is 20.6 Å². The third kappa shape index (κ3) is 3.62. The number of amides is 1. The van der Waals surface area contributed by atoms with Crippen molar-refractivity contribution in [2.75, 3.05) is 12.4 Å². The molecule has 108 valence electrons. The first kappa shape index (κ1) is 15.5. The summed E-state index contributed by atoms with van der Waals surface area (Å²) in [4.78, 5) is 35.7. The molecule has 5 nitrogen and oxygen atoms in total. The van der Waals surface area contributed by atoms with Gasteiger partial charge in [-0.3, -0.25) is 9.59 Å². The molecule has 1 saturated heterocycles. The van der Waals surface area contributed by atoms with E-state index in [1.54, 1.807) is 17.7 Å². The second kappa shape index (κ2) is 7.24. The third-order valence-electron chi connectivity index (χ3n) is 2.56. The summed E-state index contributed by atoms with van der Waals surface area (Å²) < 4.78 is 5.51. The number of carbonyl (C=O) groups is 3. The van der Waals surface area contributed by atoms with Gasteiger partial charge < -0.3 is 10.1 Å². The van der Waals surface area contributed by atoms with Crippen LogP contribution in [-0.2, 0) is 19.1 Å². The van der Waals surface area contributed by atoms with Crippen molar-refractivity contribution in [2.24, 2.45) is 0 Å². The van der Waals surface area contributed by atoms with E-state index in [4.69, 9.17) is 4.74 Å². The molecule has 20 heavy (non-hydrogen) atoms. The van der Waals surface area contributed by atoms with Crippen molar-refractivity contribution in [3.63, 3.8) is 0 Å². The predicted octanol–water partition coefficient (Wildman–Crippen LogP) is 1.86. The van der Waals surface area contributed by atoms with Gasteiger partial charge in [-0.1, -0.05) is 35.3 Å². The zero-order valence-electron chi connectivity index (χ0n) is 10.7. The molecular formula is C12H13NO4S3. The van der Waals surface area contributed by atoms with Gasteiger partial charge in [0.25, 0.3) is 5.91 Å². The summed E-state index contributed by atoms with van der Waals surface area (Å²) in [5, 5.41) is 6.15. The molecule has 1 amide bonds. The number of thioether (sulfide) groups is 3. The highest BCUT2D eigenvalue weighted by molar-refractivity contribution is 8.27. The molecule has 0 radical (unpaired) electrons. The van der Waals surface area contributed by atoms with E-state index < -0.39 is 17.9 Å². The summed E-state index contributed by atoms with van der Waals surface area (Å²) in [6.07, 6.45) is 0.596. The molecule has 0 spiro atoms. The fraction of sp³-hybridized carbons (Fsp3) is 0.417. The van der Waals surface area contributed by atoms with Crippen molar-refractivity contribution < 1.29 is 19.1 Å². The van der Waals surface area contributed by atoms with Gasteiger partial charge in [-0.05, 0) is 24.2 Å². The quantitative estimate of drug-likeness (QED) is 0.365. The van der Waals surface area contributed by atoms with Crippen LogP contribution in [0.2, 0.25) is 0 Å². The molecule has 2 rings (SSSR count). The Labute approximate surface area is 129 Å². The van der Waals surface area contributed by atoms with Crippen molar-refractivity contribution >= 4 is 52.3 Å². The summed E-state index contributed by atoms with van der Waals surface area (Å²) in [5.41, 5.74) is -0.0171. The number of ether oxygens (including phenoxy) is 1. The highest BCUT2D eigenvalue weighted by Crippen LogP contribution is 2.40. The Morgan fingerprint density at radius 3 is 2.65 bits per heavy atom. The topological polar surface area (TPSA) is 72.5 Å². The lowest BCUT2D eigenvalue weighted by atomic mass is 10.2. The van der Waals surface area contributed by atoms with Gasteiger partial charge in [0.15, 0.2) is 0 Å². The van der Waals surface area contributed by atoms with Crippen LogP contribution in [0.3, 0.4) is 0 Å². The van der Waals surface area contributed by atoms with Crippen LogP contribution in [0.25, 0.3) is 0 Å². The molecule has 1 unspecified atom stereocenters. The Hall–Kier alpha value is -0.860. The third-order valence-corrected chi connectivity index (χ3v) is 5.70. The SMILES string of the molecule is CCOC(=O)C(C(=O)NC1CCSC1=O)=C1SC=CS1. The van der Waals surface area contributed by atoms with Crippen molar-refractivity contribution in [3.05, 3.63) is 20.6 Å². The first-order chi connectivity index (χ1) is 9.63. The Morgan fingerprint density at radius 1 is 1.40 bits per heavy atom. The average molecular weight is 331 g/mol. The molecule has 1 atom stereocenters. The molecule has 2 aliphatic rings. The van der Waals surface area contributed by atoms with Gasteiger partial charge in [0.05, 0.1) is 16.9 Å². The van der Waals surface area contributed by atoms with E-state index >= 15 is 0 Å². The number of rotatable bonds is 4. The van der Waals surface area contributed by atoms with E-state index in [0.717, 1.165) is 0 Å². The number of nitrogens with one attached hydrogen (secondary N) is 1. The summed E-state index contributed by atoms with van der Waals surface area (Å²) in [7, 11) is 0. The molecule has 1 fully saturated rings. The van der Waals surface area contributed by atoms with Gasteiger partial charge in [-0.25, -0.2) is 4.79 Å². The number of hydrogen-bond donors (Lipinski definition) is 1. The van der Waals surface area contributed by atoms with Crippen LogP contribution in [0.5, 0.6) is 0 Å². The highest BCUT2D eigenvalue weighted by atomic mass is 32.2. The Morgan fingerprint density at radius 2 is 2.10 bits per heavy atom. The van der Waals surface area contributed by atoms with Gasteiger partial charge >= 0.3 is 5.97 Å². The maximum absolute atomic E-state index is 12.3. The molecule has 0 aromatic carbocycles. The largest absolute Gasteiger partial charge is 0.462 e. The van der Waals surface area contributed by atoms with E-state index in [2.05, 4.69) is 5.32 Å². The Bertz CT molecular complexity index is 491. The van der Waals surface area contributed by atoms with Crippen LogP contribution in [0.4, 0.5) is 0 Å². The Balaban J connectivity index is 2.14. The second-order valence-electron chi connectivity index (χ2n) is 3.87. The number of carbonyl (C=O) groups excluding carboxylic acids is 3. The minimum Gasteiger partial charge on any atom is -0.462 e. The normalized spacial score (nSPS) is 21.1. The summed E-state index contributed by atoms with van der Waals surface area (Å²) >= 11 is 3.81. The molecule has 2 aliphatic heterocycles. The van der Waals surface area contributed by atoms with Crippen LogP contribution < -0.4 is 5.32 Å². The molecule has 1 N–H and O–H groups in total. The van der Waals surface area contributed by atoms with E-state index in [1.807, 2.05) is 0 Å². The molecule has 0 aliphatic carbocycles. The van der Waals surface area contributed by atoms with E-state index in [0.29, 0.717) is 16.4 Å². The summed E-state index contributed by atoms with van der Waals surface area (Å²) in [5.74, 6) is -0.495. The molecule has 0 aromatic heterocycles. The minimum absolute atomic E-state index is 0.0171. The minimum atomic E-state index is -0.651. The van der Waals surface area contributed by atoms with E-state index in [9.17, 15) is 14.4 Å². The van der Waals surface area contributed by atoms with Crippen LogP contribution in [0.1, 0.15) is 13.3 Å². The maximum Gasteiger partial charge on any atom is 0.345 e. The van der Waals surface area contributed by atoms with Gasteiger partial charge in [-0.15, -0.1) is 0 Å². The molecule has 2 heterocycles. The number of hydrogen-bond acceptors (Lipinski definition) is 7. The number of esters is 1. The van der Waals surface area contributed by atoms with E-state index in [1.165, 1.54) is 35.3 Å². The summed E-state index contributed by atoms with van der Waals surface area (Å²) in [6.45, 7) is 1.88. The van der Waals surface area contributed by atoms with Crippen molar-refractivity contribution in [2.45, 2.75) is 19.4 Å². The fourth-order valence-electron chi connectivity index (χ4n) is 1.65. The first-order valence-corrected chi connectivity index (χ1v) is 8.75. The van der Waals surface area contributed by atoms with Crippen molar-refractivity contribution in [1.29, 1.82) is 0 Å². The molecule has 8 heteroatoms. The van der Waals surface area contributed by atoms with Crippen LogP contribution in [0, 0.1) is 0 Å². The Kier molecular flexibility index (Phi) is 5.62. The van der Waals surface area contributed by atoms with E-state index in [-0.39, 0.29) is 17.3 Å². The van der Waals surface area contributed by atoms with Gasteiger partial charge in [0, 0.05) is 5.75 Å². The molecule has 0 bridgehead atoms. The van der Waals surface area contributed by atoms with Gasteiger partial charge in [0.2, 0.25) is 5.12 Å². The monoisotopic (exact) mass is 331 g/mol. The van der Waals surface area contributed by atoms with Crippen LogP contribution in [-0.4, -0.2) is 35.4 Å². The second-order valence-corrected chi connectivity index (χ2v) is 7.06. The van der Waals surface area contributed by atoms with Crippen LogP contribution >= 0.6 is 35.3 Å². The molecule has 0 aromatic rings. The standard InChI is InChI=1S/C12H13NO4S3/c1-2-17-10(15)8(12-19-5-6-20-12)9(14)13-7-3-4-18-11(7)16/h5-7H,2-4H2,1H3,(H,13,14). The molecular weight excluding hydrogens is 318 g/mol. The summed E-state index contributed by atoms with van der Waals surface area (Å²) in [6, 6.07) is -0.512. The lowest BCUT2D eigenvalue weighted by Gasteiger charge is -2.13. The maximum atomic E-state index is 12.3. The van der Waals surface area contributed by atoms with Crippen molar-refractivity contribution in [3.8, 4) is 0 Å². The smallest absolute Gasteiger partial charge is 0.345 e. The van der Waals surface area contributed by atoms with Gasteiger partial charge in [0.1, 0.15) is 5.57 Å². The first-order valence-electron chi connectivity index (χ1n) is 6.00. The highest BCUT2D eigenvalue weighted by Gasteiger charge is 2.32. The zero-order valence-corrected chi connectivity index (χ0v) is 13.2. The average Bonchev–Trinajstić information content (AvgIpc) is 3.03. The fourth-order valence-corrected chi connectivity index (χ4v) is 4.42. The van der Waals surface area contributed by atoms with Gasteiger partial charge in [-0.2, -0.15) is 0 Å². The predicted molar refractivity (Wildman–Crippen MR) is 82.0 cm³/mol. The lowest BCUT2D eigenvalue weighted by Crippen LogP contribution is -2.40. The van der Waals surface area contributed by atoms with Crippen molar-refractivity contribution in [1.82, 2.24) is 5.32 Å². The lowest BCUT2D eigenvalue weighted by molar-refractivity contribution is -0.140. The zero-order chi connectivity index (χ0) is 14.5.